The fourth-order valence-corrected chi connectivity index (χ4v) is 3.96. The summed E-state index contributed by atoms with van der Waals surface area (Å²) in [7, 11) is 0. The predicted octanol–water partition coefficient (Wildman–Crippen LogP) is 5.38. The Morgan fingerprint density at radius 3 is 2.44 bits per heavy atom. The topological polar surface area (TPSA) is 83.3 Å². The van der Waals surface area contributed by atoms with Crippen LogP contribution < -0.4 is 4.90 Å². The number of ether oxygens (including phenoxy) is 1. The van der Waals surface area contributed by atoms with Crippen molar-refractivity contribution in [1.82, 2.24) is 4.98 Å². The van der Waals surface area contributed by atoms with Crippen molar-refractivity contribution in [1.29, 1.82) is 5.26 Å². The molecule has 3 rings (SSSR count). The van der Waals surface area contributed by atoms with Gasteiger partial charge in [0.1, 0.15) is 15.7 Å². The molecule has 1 amide bonds. The number of rotatable bonds is 7. The molecule has 176 valence electrons. The molecule has 34 heavy (non-hydrogen) atoms. The van der Waals surface area contributed by atoms with Gasteiger partial charge in [0.15, 0.2) is 6.61 Å². The maximum absolute atomic E-state index is 14.1. The summed E-state index contributed by atoms with van der Waals surface area (Å²) in [4.78, 5) is 30.5. The average Bonchev–Trinajstić information content (AvgIpc) is 3.20. The van der Waals surface area contributed by atoms with E-state index in [0.29, 0.717) is 10.6 Å². The third-order valence-corrected chi connectivity index (χ3v) is 5.85. The predicted molar refractivity (Wildman–Crippen MR) is 117 cm³/mol. The van der Waals surface area contributed by atoms with Gasteiger partial charge in [-0.2, -0.15) is 18.4 Å². The van der Waals surface area contributed by atoms with Crippen LogP contribution in [0.4, 0.5) is 23.2 Å². The molecule has 11 heteroatoms. The Morgan fingerprint density at radius 1 is 1.15 bits per heavy atom. The molecule has 6 nitrogen and oxygen atoms in total. The fraction of sp³-hybridized carbons (Fsp3) is 0.217. The molecular formula is C23H17F4N3O3S. The van der Waals surface area contributed by atoms with E-state index in [1.807, 2.05) is 6.07 Å². The minimum absolute atomic E-state index is 0.0441. The number of hydrogen-bond donors (Lipinski definition) is 0. The van der Waals surface area contributed by atoms with E-state index in [2.05, 4.69) is 4.98 Å². The van der Waals surface area contributed by atoms with Gasteiger partial charge in [0.05, 0.1) is 29.4 Å². The van der Waals surface area contributed by atoms with Gasteiger partial charge in [-0.1, -0.05) is 24.3 Å². The van der Waals surface area contributed by atoms with Crippen molar-refractivity contribution in [3.8, 4) is 16.6 Å². The van der Waals surface area contributed by atoms with Crippen molar-refractivity contribution in [2.75, 3.05) is 18.1 Å². The maximum atomic E-state index is 14.1. The lowest BCUT2D eigenvalue weighted by molar-refractivity contribution is -0.137. The molecule has 0 atom stereocenters. The van der Waals surface area contributed by atoms with Crippen LogP contribution in [0.1, 0.15) is 27.3 Å². The first-order chi connectivity index (χ1) is 16.1. The summed E-state index contributed by atoms with van der Waals surface area (Å²) in [5, 5.41) is 9.14. The molecule has 2 aromatic carbocycles. The highest BCUT2D eigenvalue weighted by molar-refractivity contribution is 7.17. The van der Waals surface area contributed by atoms with Gasteiger partial charge in [-0.3, -0.25) is 4.79 Å². The smallest absolute Gasteiger partial charge is 0.416 e. The molecule has 0 unspecified atom stereocenters. The van der Waals surface area contributed by atoms with Crippen molar-refractivity contribution in [3.05, 3.63) is 70.5 Å². The number of para-hydroxylation sites is 1. The van der Waals surface area contributed by atoms with E-state index in [0.717, 1.165) is 34.4 Å². The number of amides is 1. The van der Waals surface area contributed by atoms with Gasteiger partial charge in [-0.25, -0.2) is 14.2 Å². The second-order valence-electron chi connectivity index (χ2n) is 6.99. The summed E-state index contributed by atoms with van der Waals surface area (Å²) in [6, 6.07) is 11.7. The van der Waals surface area contributed by atoms with Crippen LogP contribution in [-0.2, 0) is 15.7 Å². The minimum Gasteiger partial charge on any atom is -0.451 e. The van der Waals surface area contributed by atoms with Crippen LogP contribution >= 0.6 is 11.3 Å². The number of aryl methyl sites for hydroxylation is 1. The Hall–Kier alpha value is -3.78. The number of anilines is 1. The van der Waals surface area contributed by atoms with Gasteiger partial charge >= 0.3 is 12.1 Å². The van der Waals surface area contributed by atoms with Gasteiger partial charge in [0, 0.05) is 12.1 Å². The lowest BCUT2D eigenvalue weighted by atomic mass is 10.1. The lowest BCUT2D eigenvalue weighted by Gasteiger charge is -2.22. The zero-order valence-electron chi connectivity index (χ0n) is 17.7. The maximum Gasteiger partial charge on any atom is 0.416 e. The van der Waals surface area contributed by atoms with Crippen molar-refractivity contribution < 1.29 is 31.9 Å². The van der Waals surface area contributed by atoms with Crippen molar-refractivity contribution in [3.63, 3.8) is 0 Å². The van der Waals surface area contributed by atoms with Crippen LogP contribution in [0.5, 0.6) is 0 Å². The zero-order valence-corrected chi connectivity index (χ0v) is 18.5. The van der Waals surface area contributed by atoms with E-state index in [1.54, 1.807) is 0 Å². The first-order valence-electron chi connectivity index (χ1n) is 9.86. The number of aromatic nitrogens is 1. The Morgan fingerprint density at radius 2 is 1.82 bits per heavy atom. The summed E-state index contributed by atoms with van der Waals surface area (Å²) in [6.07, 6.45) is -4.53. The van der Waals surface area contributed by atoms with E-state index in [1.165, 1.54) is 37.3 Å². The summed E-state index contributed by atoms with van der Waals surface area (Å²) in [5.41, 5.74) is -0.179. The highest BCUT2D eigenvalue weighted by Crippen LogP contribution is 2.33. The van der Waals surface area contributed by atoms with Crippen molar-refractivity contribution in [2.24, 2.45) is 0 Å². The number of hydrogen-bond acceptors (Lipinski definition) is 6. The third-order valence-electron chi connectivity index (χ3n) is 4.66. The highest BCUT2D eigenvalue weighted by Gasteiger charge is 2.30. The molecule has 1 aromatic heterocycles. The number of alkyl halides is 3. The normalized spacial score (nSPS) is 11.1. The SMILES string of the molecule is Cc1nc(-c2ccc(C(F)(F)F)cc2)sc1C(=O)OCC(=O)N(CCC#N)c1ccccc1F. The molecule has 0 saturated heterocycles. The van der Waals surface area contributed by atoms with E-state index in [9.17, 15) is 27.2 Å². The van der Waals surface area contributed by atoms with Crippen LogP contribution in [-0.4, -0.2) is 30.0 Å². The summed E-state index contributed by atoms with van der Waals surface area (Å²) < 4.78 is 57.5. The van der Waals surface area contributed by atoms with Crippen molar-refractivity contribution >= 4 is 28.9 Å². The number of esters is 1. The van der Waals surface area contributed by atoms with Gasteiger partial charge in [0.2, 0.25) is 0 Å². The second kappa shape index (κ2) is 10.4. The molecule has 0 radical (unpaired) electrons. The molecule has 0 spiro atoms. The number of benzene rings is 2. The van der Waals surface area contributed by atoms with Crippen LogP contribution in [0.3, 0.4) is 0 Å². The van der Waals surface area contributed by atoms with Gasteiger partial charge in [-0.05, 0) is 31.2 Å². The van der Waals surface area contributed by atoms with Crippen molar-refractivity contribution in [2.45, 2.75) is 19.5 Å². The molecule has 0 aliphatic rings. The van der Waals surface area contributed by atoms with Gasteiger partial charge < -0.3 is 9.64 Å². The largest absolute Gasteiger partial charge is 0.451 e. The van der Waals surface area contributed by atoms with E-state index >= 15 is 0 Å². The van der Waals surface area contributed by atoms with E-state index < -0.39 is 36.0 Å². The zero-order chi connectivity index (χ0) is 24.9. The number of thiazole rings is 1. The third kappa shape index (κ3) is 5.77. The Bertz CT molecular complexity index is 1230. The Balaban J connectivity index is 1.72. The summed E-state index contributed by atoms with van der Waals surface area (Å²) in [5.74, 6) is -2.24. The van der Waals surface area contributed by atoms with Crippen LogP contribution in [0.2, 0.25) is 0 Å². The Labute approximate surface area is 196 Å². The summed E-state index contributed by atoms with van der Waals surface area (Å²) >= 11 is 0.912. The van der Waals surface area contributed by atoms with Crippen LogP contribution in [0, 0.1) is 24.1 Å². The molecule has 0 saturated carbocycles. The molecule has 0 aliphatic heterocycles. The standard InChI is InChI=1S/C23H17F4N3O3S/c1-14-20(34-21(29-14)15-7-9-16(10-8-15)23(25,26)27)22(32)33-13-19(31)30(12-4-11-28)18-6-3-2-5-17(18)24/h2-3,5-10H,4,12-13H2,1H3. The lowest BCUT2D eigenvalue weighted by Crippen LogP contribution is -2.36. The molecule has 0 N–H and O–H groups in total. The summed E-state index contributed by atoms with van der Waals surface area (Å²) in [6.45, 7) is 0.734. The number of nitriles is 1. The first kappa shape index (κ1) is 24.9. The molecule has 0 bridgehead atoms. The fourth-order valence-electron chi connectivity index (χ4n) is 2.99. The second-order valence-corrected chi connectivity index (χ2v) is 7.99. The number of halogens is 4. The van der Waals surface area contributed by atoms with E-state index in [4.69, 9.17) is 10.00 Å². The van der Waals surface area contributed by atoms with Gasteiger partial charge in [0.25, 0.3) is 5.91 Å². The number of nitrogens with zero attached hydrogens (tertiary/aromatic N) is 3. The van der Waals surface area contributed by atoms with Gasteiger partial charge in [-0.15, -0.1) is 11.3 Å². The molecule has 0 aliphatic carbocycles. The minimum atomic E-state index is -4.47. The molecule has 3 aromatic rings. The molecule has 0 fully saturated rings. The highest BCUT2D eigenvalue weighted by atomic mass is 32.1. The first-order valence-corrected chi connectivity index (χ1v) is 10.7. The molecular weight excluding hydrogens is 474 g/mol. The van der Waals surface area contributed by atoms with Crippen LogP contribution in [0.15, 0.2) is 48.5 Å². The Kier molecular flexibility index (Phi) is 7.63. The number of carbonyl (C=O) groups is 2. The molecule has 1 heterocycles. The van der Waals surface area contributed by atoms with E-state index in [-0.39, 0.29) is 29.2 Å². The average molecular weight is 491 g/mol. The van der Waals surface area contributed by atoms with Crippen LogP contribution in [0.25, 0.3) is 10.6 Å². The monoisotopic (exact) mass is 491 g/mol. The quantitative estimate of drug-likeness (QED) is 0.327. The number of carbonyl (C=O) groups excluding carboxylic acids is 2.